The molecule has 1 N–H and O–H groups in total. The first-order chi connectivity index (χ1) is 15.8. The number of imidazole rings is 1. The highest BCUT2D eigenvalue weighted by Crippen LogP contribution is 2.35. The first-order valence-electron chi connectivity index (χ1n) is 10.1. The molecule has 2 aromatic carbocycles. The Balaban J connectivity index is 1.51. The molecule has 11 heteroatoms. The summed E-state index contributed by atoms with van der Waals surface area (Å²) < 4.78 is 58.1. The number of benzene rings is 2. The number of carbonyl (C=O) groups is 1. The van der Waals surface area contributed by atoms with Gasteiger partial charge in [-0.2, -0.15) is 13.2 Å². The van der Waals surface area contributed by atoms with Gasteiger partial charge in [-0.05, 0) is 42.8 Å². The van der Waals surface area contributed by atoms with E-state index in [0.29, 0.717) is 45.4 Å². The molecule has 0 saturated carbocycles. The van der Waals surface area contributed by atoms with E-state index < -0.39 is 18.4 Å². The minimum absolute atomic E-state index is 0.0298. The normalized spacial score (nSPS) is 12.0. The van der Waals surface area contributed by atoms with E-state index in [-0.39, 0.29) is 18.8 Å². The lowest BCUT2D eigenvalue weighted by Gasteiger charge is -2.04. The molecule has 0 fully saturated rings. The number of Topliss-reactive ketones (excluding diaryl/α,β-unsaturated/α-hetero) is 1. The van der Waals surface area contributed by atoms with Crippen molar-refractivity contribution in [2.45, 2.75) is 19.0 Å². The van der Waals surface area contributed by atoms with Crippen LogP contribution in [0.3, 0.4) is 0 Å². The van der Waals surface area contributed by atoms with Gasteiger partial charge in [-0.1, -0.05) is 11.3 Å². The topological polar surface area (TPSA) is 69.0 Å². The van der Waals surface area contributed by atoms with Crippen LogP contribution >= 0.6 is 11.3 Å². The summed E-state index contributed by atoms with van der Waals surface area (Å²) >= 11 is 1.10. The van der Waals surface area contributed by atoms with Crippen LogP contribution in [0, 0.1) is 0 Å². The highest BCUT2D eigenvalue weighted by Gasteiger charge is 2.30. The summed E-state index contributed by atoms with van der Waals surface area (Å²) in [6.07, 6.45) is -3.64. The lowest BCUT2D eigenvalue weighted by atomic mass is 10.1. The van der Waals surface area contributed by atoms with E-state index in [1.54, 1.807) is 29.8 Å². The molecule has 0 aliphatic rings. The number of hydrogen-bond donors (Lipinski definition) is 1. The Labute approximate surface area is 190 Å². The van der Waals surface area contributed by atoms with Crippen molar-refractivity contribution in [2.24, 2.45) is 7.05 Å². The molecule has 0 spiro atoms. The fourth-order valence-electron chi connectivity index (χ4n) is 3.37. The first kappa shape index (κ1) is 23.1. The summed E-state index contributed by atoms with van der Waals surface area (Å²) in [7, 11) is 1.79. The lowest BCUT2D eigenvalue weighted by molar-refractivity contribution is -0.137. The molecule has 0 aliphatic carbocycles. The maximum absolute atomic E-state index is 13.0. The van der Waals surface area contributed by atoms with Crippen molar-refractivity contribution in [3.8, 4) is 0 Å². The number of thiazole rings is 1. The maximum atomic E-state index is 13.0. The molecule has 0 bridgehead atoms. The zero-order valence-electron chi connectivity index (χ0n) is 17.6. The van der Waals surface area contributed by atoms with Crippen molar-refractivity contribution < 1.29 is 27.1 Å². The van der Waals surface area contributed by atoms with Crippen LogP contribution in [-0.4, -0.2) is 40.2 Å². The molecule has 0 saturated heterocycles. The van der Waals surface area contributed by atoms with Crippen molar-refractivity contribution in [2.75, 3.05) is 25.2 Å². The number of hydrogen-bond acceptors (Lipinski definition) is 6. The van der Waals surface area contributed by atoms with Gasteiger partial charge in [0.1, 0.15) is 6.67 Å². The van der Waals surface area contributed by atoms with E-state index >= 15 is 0 Å². The van der Waals surface area contributed by atoms with E-state index in [0.717, 1.165) is 29.0 Å². The molecule has 33 heavy (non-hydrogen) atoms. The quantitative estimate of drug-likeness (QED) is 0.184. The minimum atomic E-state index is -4.42. The molecule has 2 aromatic heterocycles. The first-order valence-corrected chi connectivity index (χ1v) is 11.0. The molecule has 2 heterocycles. The number of ketones is 1. The predicted molar refractivity (Wildman–Crippen MR) is 119 cm³/mol. The van der Waals surface area contributed by atoms with Gasteiger partial charge in [-0.3, -0.25) is 4.79 Å². The predicted octanol–water partition coefficient (Wildman–Crippen LogP) is 5.89. The third kappa shape index (κ3) is 5.14. The van der Waals surface area contributed by atoms with E-state index in [2.05, 4.69) is 15.3 Å². The van der Waals surface area contributed by atoms with Gasteiger partial charge < -0.3 is 14.6 Å². The Bertz CT molecular complexity index is 1300. The SMILES string of the molecule is Cn1c(Nc2nc3ccc(C(F)(F)F)cc3s2)nc2cc(C(=O)CCCOCCF)ccc21. The van der Waals surface area contributed by atoms with Gasteiger partial charge in [-0.15, -0.1) is 0 Å². The average molecular weight is 480 g/mol. The molecular weight excluding hydrogens is 460 g/mol. The number of aryl methyl sites for hydroxylation is 1. The molecule has 6 nitrogen and oxygen atoms in total. The number of anilines is 2. The number of halogens is 4. The van der Waals surface area contributed by atoms with Gasteiger partial charge >= 0.3 is 6.18 Å². The Hall–Kier alpha value is -3.05. The van der Waals surface area contributed by atoms with Crippen LogP contribution in [0.25, 0.3) is 21.3 Å². The number of nitrogens with zero attached hydrogens (tertiary/aromatic N) is 3. The van der Waals surface area contributed by atoms with Crippen molar-refractivity contribution in [1.82, 2.24) is 14.5 Å². The van der Waals surface area contributed by atoms with Crippen LogP contribution < -0.4 is 5.32 Å². The summed E-state index contributed by atoms with van der Waals surface area (Å²) in [6, 6.07) is 8.62. The Morgan fingerprint density at radius 3 is 2.70 bits per heavy atom. The van der Waals surface area contributed by atoms with Gasteiger partial charge in [0, 0.05) is 25.6 Å². The highest BCUT2D eigenvalue weighted by molar-refractivity contribution is 7.22. The number of carbonyl (C=O) groups excluding carboxylic acids is 1. The third-order valence-electron chi connectivity index (χ3n) is 5.05. The largest absolute Gasteiger partial charge is 0.416 e. The van der Waals surface area contributed by atoms with E-state index in [1.165, 1.54) is 6.07 Å². The van der Waals surface area contributed by atoms with Gasteiger partial charge in [0.25, 0.3) is 0 Å². The fourth-order valence-corrected chi connectivity index (χ4v) is 4.27. The van der Waals surface area contributed by atoms with Gasteiger partial charge in [0.05, 0.1) is 33.4 Å². The third-order valence-corrected chi connectivity index (χ3v) is 5.98. The smallest absolute Gasteiger partial charge is 0.379 e. The van der Waals surface area contributed by atoms with Crippen LogP contribution in [0.4, 0.5) is 28.6 Å². The second-order valence-corrected chi connectivity index (χ2v) is 8.38. The molecular formula is C22H20F4N4O2S. The monoisotopic (exact) mass is 480 g/mol. The van der Waals surface area contributed by atoms with Crippen molar-refractivity contribution in [3.05, 3.63) is 47.5 Å². The summed E-state index contributed by atoms with van der Waals surface area (Å²) in [6.45, 7) is -0.198. The van der Waals surface area contributed by atoms with Gasteiger partial charge in [-0.25, -0.2) is 14.4 Å². The van der Waals surface area contributed by atoms with Crippen molar-refractivity contribution in [1.29, 1.82) is 0 Å². The zero-order valence-corrected chi connectivity index (χ0v) is 18.4. The Morgan fingerprint density at radius 2 is 1.94 bits per heavy atom. The standard InChI is InChI=1S/C22H20F4N4O2S/c1-30-17-7-4-13(18(31)3-2-9-32-10-8-23)11-16(17)27-20(30)29-21-28-15-6-5-14(22(24,25)26)12-19(15)33-21/h4-7,11-12H,2-3,8-10H2,1H3,(H,27,28,29). The number of aromatic nitrogens is 3. The average Bonchev–Trinajstić information content (AvgIpc) is 3.32. The second-order valence-electron chi connectivity index (χ2n) is 7.35. The molecule has 0 unspecified atom stereocenters. The van der Waals surface area contributed by atoms with E-state index in [9.17, 15) is 22.4 Å². The number of fused-ring (bicyclic) bond motifs is 2. The highest BCUT2D eigenvalue weighted by atomic mass is 32.1. The molecule has 0 atom stereocenters. The van der Waals surface area contributed by atoms with Crippen LogP contribution in [-0.2, 0) is 18.0 Å². The molecule has 0 aliphatic heterocycles. The number of nitrogens with one attached hydrogen (secondary N) is 1. The molecule has 0 radical (unpaired) electrons. The van der Waals surface area contributed by atoms with Gasteiger partial charge in [0.2, 0.25) is 5.95 Å². The minimum Gasteiger partial charge on any atom is -0.379 e. The van der Waals surface area contributed by atoms with Crippen molar-refractivity contribution >= 4 is 49.4 Å². The maximum Gasteiger partial charge on any atom is 0.416 e. The second kappa shape index (κ2) is 9.44. The number of alkyl halides is 4. The molecule has 4 aromatic rings. The van der Waals surface area contributed by atoms with Crippen LogP contribution in [0.2, 0.25) is 0 Å². The van der Waals surface area contributed by atoms with Gasteiger partial charge in [0.15, 0.2) is 10.9 Å². The molecule has 0 amide bonds. The summed E-state index contributed by atoms with van der Waals surface area (Å²) in [5.41, 5.74) is 1.62. The lowest BCUT2D eigenvalue weighted by Crippen LogP contribution is -2.03. The van der Waals surface area contributed by atoms with Crippen LogP contribution in [0.5, 0.6) is 0 Å². The summed E-state index contributed by atoms with van der Waals surface area (Å²) in [5, 5.41) is 3.47. The Kier molecular flexibility index (Phi) is 6.61. The van der Waals surface area contributed by atoms with Crippen molar-refractivity contribution in [3.63, 3.8) is 0 Å². The number of rotatable bonds is 9. The zero-order chi connectivity index (χ0) is 23.6. The molecule has 4 rings (SSSR count). The van der Waals surface area contributed by atoms with Crippen LogP contribution in [0.15, 0.2) is 36.4 Å². The Morgan fingerprint density at radius 1 is 1.12 bits per heavy atom. The van der Waals surface area contributed by atoms with E-state index in [1.807, 2.05) is 0 Å². The summed E-state index contributed by atoms with van der Waals surface area (Å²) in [4.78, 5) is 21.3. The van der Waals surface area contributed by atoms with E-state index in [4.69, 9.17) is 4.74 Å². The number of ether oxygens (including phenoxy) is 1. The van der Waals surface area contributed by atoms with Crippen LogP contribution in [0.1, 0.15) is 28.8 Å². The fraction of sp³-hybridized carbons (Fsp3) is 0.318. The summed E-state index contributed by atoms with van der Waals surface area (Å²) in [5.74, 6) is 0.386. The molecule has 174 valence electrons.